The van der Waals surface area contributed by atoms with Gasteiger partial charge >= 0.3 is 0 Å². The van der Waals surface area contributed by atoms with Gasteiger partial charge in [0, 0.05) is 5.92 Å². The third-order valence-corrected chi connectivity index (χ3v) is 3.27. The molecule has 0 spiro atoms. The fraction of sp³-hybridized carbons (Fsp3) is 0.545. The highest BCUT2D eigenvalue weighted by Gasteiger charge is 2.18. The Morgan fingerprint density at radius 3 is 2.71 bits per heavy atom. The molecule has 17 heavy (non-hydrogen) atoms. The lowest BCUT2D eigenvalue weighted by molar-refractivity contribution is 0.419. The molecule has 5 nitrogen and oxygen atoms in total. The molecule has 0 aliphatic rings. The van der Waals surface area contributed by atoms with Gasteiger partial charge in [0.25, 0.3) is 5.89 Å². The summed E-state index contributed by atoms with van der Waals surface area (Å²) in [5.74, 6) is 1.51. The molecule has 0 fully saturated rings. The molecule has 2 aromatic heterocycles. The Morgan fingerprint density at radius 2 is 2.12 bits per heavy atom. The van der Waals surface area contributed by atoms with Crippen LogP contribution in [-0.2, 0) is 6.42 Å². The maximum absolute atomic E-state index is 5.73. The summed E-state index contributed by atoms with van der Waals surface area (Å²) in [5.41, 5.74) is 6.68. The molecule has 0 bridgehead atoms. The minimum Gasteiger partial charge on any atom is -0.375 e. The Balaban J connectivity index is 2.37. The van der Waals surface area contributed by atoms with Gasteiger partial charge in [-0.05, 0) is 6.42 Å². The summed E-state index contributed by atoms with van der Waals surface area (Å²) in [6.45, 7) is 6.16. The summed E-state index contributed by atoms with van der Waals surface area (Å²) in [7, 11) is 0. The zero-order valence-corrected chi connectivity index (χ0v) is 11.0. The van der Waals surface area contributed by atoms with E-state index in [4.69, 9.17) is 10.3 Å². The van der Waals surface area contributed by atoms with Crippen LogP contribution in [0.3, 0.4) is 0 Å². The molecule has 0 amide bonds. The molecule has 2 heterocycles. The fourth-order valence-corrected chi connectivity index (χ4v) is 2.31. The van der Waals surface area contributed by atoms with Crippen LogP contribution in [0.1, 0.15) is 44.6 Å². The van der Waals surface area contributed by atoms with E-state index in [2.05, 4.69) is 22.0 Å². The van der Waals surface area contributed by atoms with E-state index in [1.165, 1.54) is 11.3 Å². The minimum atomic E-state index is 0.257. The van der Waals surface area contributed by atoms with Crippen LogP contribution < -0.4 is 5.73 Å². The zero-order chi connectivity index (χ0) is 12.4. The molecule has 2 rings (SSSR count). The van der Waals surface area contributed by atoms with Crippen LogP contribution in [-0.4, -0.2) is 15.1 Å². The van der Waals surface area contributed by atoms with Gasteiger partial charge in [0.1, 0.15) is 4.88 Å². The van der Waals surface area contributed by atoms with Crippen molar-refractivity contribution in [1.82, 2.24) is 15.1 Å². The summed E-state index contributed by atoms with van der Waals surface area (Å²) in [4.78, 5) is 9.58. The third-order valence-electron chi connectivity index (χ3n) is 2.35. The largest absolute Gasteiger partial charge is 0.375 e. The predicted molar refractivity (Wildman–Crippen MR) is 67.9 cm³/mol. The van der Waals surface area contributed by atoms with Crippen molar-refractivity contribution in [3.05, 3.63) is 11.5 Å². The number of hydrogen-bond donors (Lipinski definition) is 1. The summed E-state index contributed by atoms with van der Waals surface area (Å²) < 4.78 is 5.27. The van der Waals surface area contributed by atoms with Crippen molar-refractivity contribution >= 4 is 16.5 Å². The molecule has 0 aromatic carbocycles. The van der Waals surface area contributed by atoms with Crippen LogP contribution in [0.2, 0.25) is 0 Å². The van der Waals surface area contributed by atoms with Gasteiger partial charge in [0.05, 0.1) is 5.69 Å². The van der Waals surface area contributed by atoms with Gasteiger partial charge in [0.2, 0.25) is 0 Å². The number of hydrogen-bond acceptors (Lipinski definition) is 6. The van der Waals surface area contributed by atoms with Crippen molar-refractivity contribution in [1.29, 1.82) is 0 Å². The molecule has 0 aliphatic carbocycles. The number of aromatic nitrogens is 3. The van der Waals surface area contributed by atoms with Crippen molar-refractivity contribution in [2.24, 2.45) is 0 Å². The highest BCUT2D eigenvalue weighted by molar-refractivity contribution is 7.18. The summed E-state index contributed by atoms with van der Waals surface area (Å²) in [6, 6.07) is 0. The quantitative estimate of drug-likeness (QED) is 0.905. The van der Waals surface area contributed by atoms with E-state index >= 15 is 0 Å². The van der Waals surface area contributed by atoms with E-state index in [0.717, 1.165) is 29.2 Å². The van der Waals surface area contributed by atoms with Crippen molar-refractivity contribution in [2.45, 2.75) is 39.5 Å². The van der Waals surface area contributed by atoms with Crippen LogP contribution in [0.15, 0.2) is 4.52 Å². The first-order valence-electron chi connectivity index (χ1n) is 5.71. The molecule has 0 saturated heterocycles. The van der Waals surface area contributed by atoms with Crippen molar-refractivity contribution in [3.8, 4) is 10.8 Å². The zero-order valence-electron chi connectivity index (χ0n) is 10.2. The molecular weight excluding hydrogens is 236 g/mol. The highest BCUT2D eigenvalue weighted by Crippen LogP contribution is 2.31. The smallest absolute Gasteiger partial charge is 0.270 e. The van der Waals surface area contributed by atoms with E-state index in [1.807, 2.05) is 13.8 Å². The predicted octanol–water partition coefficient (Wildman–Crippen LogP) is 2.85. The third kappa shape index (κ3) is 2.46. The van der Waals surface area contributed by atoms with Gasteiger partial charge in [-0.1, -0.05) is 43.7 Å². The number of rotatable bonds is 4. The first-order chi connectivity index (χ1) is 8.11. The lowest BCUT2D eigenvalue weighted by atomic mass is 10.2. The summed E-state index contributed by atoms with van der Waals surface area (Å²) >= 11 is 1.40. The first kappa shape index (κ1) is 12.0. The van der Waals surface area contributed by atoms with Crippen LogP contribution >= 0.6 is 11.3 Å². The van der Waals surface area contributed by atoms with E-state index in [0.29, 0.717) is 11.0 Å². The molecule has 0 radical (unpaired) electrons. The molecule has 0 aliphatic heterocycles. The Kier molecular flexibility index (Phi) is 3.42. The lowest BCUT2D eigenvalue weighted by Gasteiger charge is -1.94. The molecule has 92 valence electrons. The fourth-order valence-electron chi connectivity index (χ4n) is 1.51. The van der Waals surface area contributed by atoms with Crippen molar-refractivity contribution < 1.29 is 4.52 Å². The Bertz CT molecular complexity index is 503. The van der Waals surface area contributed by atoms with Crippen LogP contribution in [0.5, 0.6) is 0 Å². The van der Waals surface area contributed by atoms with Gasteiger partial charge in [0.15, 0.2) is 11.0 Å². The Hall–Kier alpha value is -1.43. The van der Waals surface area contributed by atoms with Gasteiger partial charge in [-0.3, -0.25) is 0 Å². The number of aryl methyl sites for hydroxylation is 1. The van der Waals surface area contributed by atoms with Gasteiger partial charge in [-0.15, -0.1) is 0 Å². The standard InChI is InChI=1S/C11H16N4OS/c1-4-5-7-8(17-11(12)13-7)10-14-9(6(2)3)15-16-10/h6H,4-5H2,1-3H3,(H2,12,13). The van der Waals surface area contributed by atoms with Crippen LogP contribution in [0.25, 0.3) is 10.8 Å². The van der Waals surface area contributed by atoms with Crippen molar-refractivity contribution in [2.75, 3.05) is 5.73 Å². The molecule has 0 unspecified atom stereocenters. The highest BCUT2D eigenvalue weighted by atomic mass is 32.1. The SMILES string of the molecule is CCCc1nc(N)sc1-c1nc(C(C)C)no1. The van der Waals surface area contributed by atoms with E-state index in [-0.39, 0.29) is 5.92 Å². The second kappa shape index (κ2) is 4.83. The maximum atomic E-state index is 5.73. The van der Waals surface area contributed by atoms with E-state index in [9.17, 15) is 0 Å². The molecule has 0 saturated carbocycles. The Labute approximate surface area is 104 Å². The first-order valence-corrected chi connectivity index (χ1v) is 6.52. The van der Waals surface area contributed by atoms with Gasteiger partial charge in [-0.2, -0.15) is 4.98 Å². The number of thiazole rings is 1. The van der Waals surface area contributed by atoms with Gasteiger partial charge in [-0.25, -0.2) is 4.98 Å². The molecule has 6 heteroatoms. The van der Waals surface area contributed by atoms with E-state index < -0.39 is 0 Å². The van der Waals surface area contributed by atoms with Crippen molar-refractivity contribution in [3.63, 3.8) is 0 Å². The normalized spacial score (nSPS) is 11.3. The molecular formula is C11H16N4OS. The number of nitrogen functional groups attached to an aromatic ring is 1. The lowest BCUT2D eigenvalue weighted by Crippen LogP contribution is -1.90. The Morgan fingerprint density at radius 1 is 1.35 bits per heavy atom. The average molecular weight is 252 g/mol. The average Bonchev–Trinajstić information content (AvgIpc) is 2.85. The maximum Gasteiger partial charge on any atom is 0.270 e. The minimum absolute atomic E-state index is 0.257. The van der Waals surface area contributed by atoms with Crippen LogP contribution in [0, 0.1) is 0 Å². The number of anilines is 1. The number of nitrogens with zero attached hydrogens (tertiary/aromatic N) is 3. The topological polar surface area (TPSA) is 77.8 Å². The van der Waals surface area contributed by atoms with E-state index in [1.54, 1.807) is 0 Å². The molecule has 2 aromatic rings. The summed E-state index contributed by atoms with van der Waals surface area (Å²) in [5, 5.41) is 4.50. The summed E-state index contributed by atoms with van der Waals surface area (Å²) in [6.07, 6.45) is 1.89. The number of nitrogens with two attached hydrogens (primary N) is 1. The molecule has 2 N–H and O–H groups in total. The second-order valence-corrected chi connectivity index (χ2v) is 5.22. The van der Waals surface area contributed by atoms with Gasteiger partial charge < -0.3 is 10.3 Å². The second-order valence-electron chi connectivity index (χ2n) is 4.19. The molecule has 0 atom stereocenters. The monoisotopic (exact) mass is 252 g/mol. The van der Waals surface area contributed by atoms with Crippen LogP contribution in [0.4, 0.5) is 5.13 Å².